The maximum absolute atomic E-state index is 11.3. The Bertz CT molecular complexity index is 766. The van der Waals surface area contributed by atoms with Crippen molar-refractivity contribution in [2.75, 3.05) is 31.1 Å². The van der Waals surface area contributed by atoms with Gasteiger partial charge in [0.25, 0.3) is 0 Å². The summed E-state index contributed by atoms with van der Waals surface area (Å²) >= 11 is 1.84. The van der Waals surface area contributed by atoms with Crippen molar-refractivity contribution in [3.63, 3.8) is 0 Å². The molecular weight excluding hydrogens is 322 g/mol. The van der Waals surface area contributed by atoms with Gasteiger partial charge in [-0.3, -0.25) is 0 Å². The predicted octanol–water partition coefficient (Wildman–Crippen LogP) is 2.41. The van der Waals surface area contributed by atoms with Gasteiger partial charge < -0.3 is 15.5 Å². The van der Waals surface area contributed by atoms with Crippen LogP contribution in [0.2, 0.25) is 0 Å². The van der Waals surface area contributed by atoms with E-state index >= 15 is 0 Å². The van der Waals surface area contributed by atoms with E-state index in [2.05, 4.69) is 21.8 Å². The molecule has 2 N–H and O–H groups in total. The Labute approximate surface area is 145 Å². The Morgan fingerprint density at radius 1 is 1.33 bits per heavy atom. The van der Waals surface area contributed by atoms with Crippen molar-refractivity contribution < 1.29 is 4.79 Å². The van der Waals surface area contributed by atoms with Crippen LogP contribution in [0, 0.1) is 5.92 Å². The van der Waals surface area contributed by atoms with Gasteiger partial charge in [-0.1, -0.05) is 13.3 Å². The van der Waals surface area contributed by atoms with E-state index in [1.165, 1.54) is 35.1 Å². The van der Waals surface area contributed by atoms with Gasteiger partial charge in [0.1, 0.15) is 17.0 Å². The average molecular weight is 345 g/mol. The van der Waals surface area contributed by atoms with Crippen LogP contribution >= 0.6 is 11.3 Å². The van der Waals surface area contributed by atoms with E-state index in [9.17, 15) is 4.79 Å². The van der Waals surface area contributed by atoms with Gasteiger partial charge >= 0.3 is 6.03 Å². The second-order valence-electron chi connectivity index (χ2n) is 6.71. The molecule has 3 heterocycles. The number of piperazine rings is 1. The molecule has 0 saturated carbocycles. The number of carbonyl (C=O) groups excluding carboxylic acids is 1. The fourth-order valence-electron chi connectivity index (χ4n) is 3.89. The maximum Gasteiger partial charge on any atom is 0.314 e. The van der Waals surface area contributed by atoms with E-state index in [0.717, 1.165) is 36.1 Å². The van der Waals surface area contributed by atoms with Crippen LogP contribution < -0.4 is 10.6 Å². The fraction of sp³-hybridized carbons (Fsp3) is 0.588. The summed E-state index contributed by atoms with van der Waals surface area (Å²) in [5.74, 6) is 1.85. The van der Waals surface area contributed by atoms with Crippen molar-refractivity contribution in [1.82, 2.24) is 14.9 Å². The van der Waals surface area contributed by atoms with Crippen LogP contribution in [0.5, 0.6) is 0 Å². The SMILES string of the molecule is CCC1CCc2c(sc3ncnc(N4CCN(C(N)=O)CC4)c23)C1. The van der Waals surface area contributed by atoms with Crippen molar-refractivity contribution in [3.05, 3.63) is 16.8 Å². The van der Waals surface area contributed by atoms with Gasteiger partial charge in [0, 0.05) is 31.1 Å². The zero-order valence-corrected chi connectivity index (χ0v) is 14.8. The van der Waals surface area contributed by atoms with E-state index in [-0.39, 0.29) is 6.03 Å². The Kier molecular flexibility index (Phi) is 4.04. The molecule has 0 bridgehead atoms. The molecule has 7 heteroatoms. The molecule has 0 radical (unpaired) electrons. The normalized spacial score (nSPS) is 21.1. The van der Waals surface area contributed by atoms with Crippen LogP contribution in [-0.2, 0) is 12.8 Å². The Hall–Kier alpha value is -1.89. The summed E-state index contributed by atoms with van der Waals surface area (Å²) in [7, 11) is 0. The van der Waals surface area contributed by atoms with Crippen molar-refractivity contribution in [2.45, 2.75) is 32.6 Å². The first-order valence-electron chi connectivity index (χ1n) is 8.72. The van der Waals surface area contributed by atoms with Gasteiger partial charge in [-0.05, 0) is 30.7 Å². The molecule has 128 valence electrons. The lowest BCUT2D eigenvalue weighted by Gasteiger charge is -2.34. The molecule has 0 aromatic carbocycles. The molecule has 1 fully saturated rings. The molecule has 0 spiro atoms. The molecule has 1 unspecified atom stereocenters. The topological polar surface area (TPSA) is 75.3 Å². The van der Waals surface area contributed by atoms with Gasteiger partial charge in [-0.25, -0.2) is 14.8 Å². The van der Waals surface area contributed by atoms with Crippen molar-refractivity contribution in [2.24, 2.45) is 11.7 Å². The second kappa shape index (κ2) is 6.20. The van der Waals surface area contributed by atoms with E-state index < -0.39 is 0 Å². The number of anilines is 1. The quantitative estimate of drug-likeness (QED) is 0.907. The standard InChI is InChI=1S/C17H23N5OS/c1-2-11-3-4-12-13(9-11)24-16-14(12)15(19-10-20-16)21-5-7-22(8-6-21)17(18)23/h10-11H,2-9H2,1H3,(H2,18,23). The summed E-state index contributed by atoms with van der Waals surface area (Å²) in [4.78, 5) is 27.1. The number of aromatic nitrogens is 2. The van der Waals surface area contributed by atoms with Crippen molar-refractivity contribution >= 4 is 33.4 Å². The first kappa shape index (κ1) is 15.6. The highest BCUT2D eigenvalue weighted by Gasteiger charge is 2.27. The summed E-state index contributed by atoms with van der Waals surface area (Å²) < 4.78 is 0. The average Bonchev–Trinajstić information content (AvgIpc) is 2.99. The van der Waals surface area contributed by atoms with E-state index in [0.29, 0.717) is 13.1 Å². The third-order valence-electron chi connectivity index (χ3n) is 5.40. The molecule has 2 aliphatic rings. The largest absolute Gasteiger partial charge is 0.352 e. The van der Waals surface area contributed by atoms with Crippen LogP contribution in [0.15, 0.2) is 6.33 Å². The van der Waals surface area contributed by atoms with Crippen LogP contribution in [-0.4, -0.2) is 47.1 Å². The number of amides is 2. The summed E-state index contributed by atoms with van der Waals surface area (Å²) in [6.07, 6.45) is 6.51. The third-order valence-corrected chi connectivity index (χ3v) is 6.56. The summed E-state index contributed by atoms with van der Waals surface area (Å²) in [6, 6.07) is -0.332. The fourth-order valence-corrected chi connectivity index (χ4v) is 5.18. The first-order chi connectivity index (χ1) is 11.7. The van der Waals surface area contributed by atoms with Crippen molar-refractivity contribution in [1.29, 1.82) is 0 Å². The van der Waals surface area contributed by atoms with Crippen LogP contribution in [0.1, 0.15) is 30.2 Å². The summed E-state index contributed by atoms with van der Waals surface area (Å²) in [6.45, 7) is 5.15. The Balaban J connectivity index is 1.67. The minimum atomic E-state index is -0.332. The van der Waals surface area contributed by atoms with Gasteiger partial charge in [0.2, 0.25) is 0 Å². The second-order valence-corrected chi connectivity index (χ2v) is 7.79. The number of nitrogens with two attached hydrogens (primary N) is 1. The molecule has 2 aromatic rings. The molecule has 2 amide bonds. The number of hydrogen-bond donors (Lipinski definition) is 1. The van der Waals surface area contributed by atoms with Crippen LogP contribution in [0.3, 0.4) is 0 Å². The molecule has 1 aliphatic heterocycles. The van der Waals surface area contributed by atoms with Crippen LogP contribution in [0.4, 0.5) is 10.6 Å². The lowest BCUT2D eigenvalue weighted by atomic mass is 9.86. The molecule has 2 aromatic heterocycles. The molecule has 1 atom stereocenters. The number of primary amides is 1. The Morgan fingerprint density at radius 2 is 2.12 bits per heavy atom. The van der Waals surface area contributed by atoms with Crippen molar-refractivity contribution in [3.8, 4) is 0 Å². The monoisotopic (exact) mass is 345 g/mol. The highest BCUT2D eigenvalue weighted by atomic mass is 32.1. The maximum atomic E-state index is 11.3. The summed E-state index contributed by atoms with van der Waals surface area (Å²) in [5, 5.41) is 1.25. The number of carbonyl (C=O) groups is 1. The zero-order chi connectivity index (χ0) is 16.7. The number of urea groups is 1. The number of thiophene rings is 1. The zero-order valence-electron chi connectivity index (χ0n) is 14.0. The predicted molar refractivity (Wildman–Crippen MR) is 96.6 cm³/mol. The number of nitrogens with zero attached hydrogens (tertiary/aromatic N) is 4. The molecular formula is C17H23N5OS. The van der Waals surface area contributed by atoms with E-state index in [1.54, 1.807) is 11.2 Å². The smallest absolute Gasteiger partial charge is 0.314 e. The van der Waals surface area contributed by atoms with Crippen LogP contribution in [0.25, 0.3) is 10.2 Å². The molecule has 4 rings (SSSR count). The first-order valence-corrected chi connectivity index (χ1v) is 9.53. The number of aryl methyl sites for hydroxylation is 1. The highest BCUT2D eigenvalue weighted by Crippen LogP contribution is 2.41. The molecule has 1 aliphatic carbocycles. The summed E-state index contributed by atoms with van der Waals surface area (Å²) in [5.41, 5.74) is 6.85. The highest BCUT2D eigenvalue weighted by molar-refractivity contribution is 7.19. The lowest BCUT2D eigenvalue weighted by molar-refractivity contribution is 0.204. The van der Waals surface area contributed by atoms with E-state index in [4.69, 9.17) is 5.73 Å². The number of rotatable bonds is 2. The number of fused-ring (bicyclic) bond motifs is 3. The van der Waals surface area contributed by atoms with Gasteiger partial charge in [-0.15, -0.1) is 11.3 Å². The molecule has 6 nitrogen and oxygen atoms in total. The lowest BCUT2D eigenvalue weighted by Crippen LogP contribution is -2.50. The minimum absolute atomic E-state index is 0.332. The van der Waals surface area contributed by atoms with E-state index in [1.807, 2.05) is 11.3 Å². The van der Waals surface area contributed by atoms with Gasteiger partial charge in [0.05, 0.1) is 5.39 Å². The number of hydrogen-bond acceptors (Lipinski definition) is 5. The van der Waals surface area contributed by atoms with Gasteiger partial charge in [-0.2, -0.15) is 0 Å². The molecule has 24 heavy (non-hydrogen) atoms. The van der Waals surface area contributed by atoms with Gasteiger partial charge in [0.15, 0.2) is 0 Å². The third kappa shape index (κ3) is 2.60. The minimum Gasteiger partial charge on any atom is -0.352 e. The Morgan fingerprint density at radius 3 is 2.83 bits per heavy atom. The molecule has 1 saturated heterocycles.